The number of aromatic nitrogens is 1. The molecule has 4 rings (SSSR count). The van der Waals surface area contributed by atoms with Gasteiger partial charge in [0.05, 0.1) is 29.7 Å². The number of nitriles is 1. The first-order chi connectivity index (χ1) is 18.5. The molecular weight excluding hydrogens is 514 g/mol. The molecule has 0 saturated heterocycles. The van der Waals surface area contributed by atoms with E-state index in [1.54, 1.807) is 38.2 Å². The fourth-order valence-corrected chi connectivity index (χ4v) is 5.62. The fourth-order valence-electron chi connectivity index (χ4n) is 4.65. The van der Waals surface area contributed by atoms with Gasteiger partial charge in [-0.05, 0) is 82.3 Å². The average molecular weight is 548 g/mol. The maximum absolute atomic E-state index is 13.1. The number of methoxy groups -OCH3 is 1. The number of hydrogen-bond acceptors (Lipinski definition) is 8. The van der Waals surface area contributed by atoms with Crippen LogP contribution in [0.5, 0.6) is 5.75 Å². The van der Waals surface area contributed by atoms with Crippen LogP contribution in [0.3, 0.4) is 0 Å². The molecule has 1 aromatic heterocycles. The van der Waals surface area contributed by atoms with Gasteiger partial charge in [-0.2, -0.15) is 5.26 Å². The lowest BCUT2D eigenvalue weighted by atomic mass is 10.0. The van der Waals surface area contributed by atoms with Gasteiger partial charge in [0.2, 0.25) is 0 Å². The maximum Gasteiger partial charge on any atom is 0.411 e. The van der Waals surface area contributed by atoms with Crippen molar-refractivity contribution in [1.82, 2.24) is 9.88 Å². The van der Waals surface area contributed by atoms with Gasteiger partial charge in [-0.15, -0.1) is 11.3 Å². The van der Waals surface area contributed by atoms with Crippen molar-refractivity contribution < 1.29 is 23.8 Å². The zero-order valence-corrected chi connectivity index (χ0v) is 23.9. The highest BCUT2D eigenvalue weighted by Crippen LogP contribution is 2.43. The highest BCUT2D eigenvalue weighted by atomic mass is 32.1. The molecule has 2 aromatic carbocycles. The zero-order valence-electron chi connectivity index (χ0n) is 23.1. The monoisotopic (exact) mass is 547 g/mol. The lowest BCUT2D eigenvalue weighted by Crippen LogP contribution is -2.41. The normalized spacial score (nSPS) is 14.5. The Balaban J connectivity index is 1.65. The number of ether oxygens (including phenoxy) is 3. The van der Waals surface area contributed by atoms with Crippen LogP contribution in [0.15, 0.2) is 42.6 Å². The number of thiazole rings is 1. The van der Waals surface area contributed by atoms with Crippen molar-refractivity contribution in [3.63, 3.8) is 0 Å². The zero-order chi connectivity index (χ0) is 28.3. The third-order valence-electron chi connectivity index (χ3n) is 6.25. The molecule has 0 fully saturated rings. The Labute approximate surface area is 233 Å². The van der Waals surface area contributed by atoms with Crippen LogP contribution in [0.25, 0.3) is 21.0 Å². The molecule has 204 valence electrons. The van der Waals surface area contributed by atoms with Crippen LogP contribution >= 0.6 is 11.3 Å². The van der Waals surface area contributed by atoms with Crippen LogP contribution in [0, 0.1) is 11.3 Å². The van der Waals surface area contributed by atoms with Gasteiger partial charge in [0.1, 0.15) is 29.0 Å². The van der Waals surface area contributed by atoms with Gasteiger partial charge < -0.3 is 14.2 Å². The van der Waals surface area contributed by atoms with Crippen LogP contribution in [-0.4, -0.2) is 47.3 Å². The van der Waals surface area contributed by atoms with Crippen molar-refractivity contribution in [3.8, 4) is 32.8 Å². The highest BCUT2D eigenvalue weighted by molar-refractivity contribution is 7.18. The SMILES string of the molecule is COC(=O)CN(C(=O)OC(C)(C)C)[C@H]1CCc2c(-c3cnc(-c4ccc(OC(C)C)c(C#N)c4)s3)cccc21. The number of carbonyl (C=O) groups is 2. The number of amides is 1. The van der Waals surface area contributed by atoms with E-state index in [0.717, 1.165) is 38.6 Å². The van der Waals surface area contributed by atoms with Gasteiger partial charge in [-0.25, -0.2) is 9.78 Å². The molecule has 0 spiro atoms. The van der Waals surface area contributed by atoms with Crippen molar-refractivity contribution in [2.45, 2.75) is 65.2 Å². The molecule has 0 aliphatic heterocycles. The summed E-state index contributed by atoms with van der Waals surface area (Å²) in [6.45, 7) is 9.05. The molecule has 0 saturated carbocycles. The van der Waals surface area contributed by atoms with E-state index in [9.17, 15) is 14.9 Å². The van der Waals surface area contributed by atoms with Crippen molar-refractivity contribution in [1.29, 1.82) is 5.26 Å². The van der Waals surface area contributed by atoms with E-state index in [0.29, 0.717) is 17.7 Å². The Morgan fingerprint density at radius 3 is 2.67 bits per heavy atom. The number of carbonyl (C=O) groups excluding carboxylic acids is 2. The summed E-state index contributed by atoms with van der Waals surface area (Å²) in [5, 5.41) is 10.4. The molecule has 0 N–H and O–H groups in total. The molecule has 8 nitrogen and oxygen atoms in total. The molecule has 0 radical (unpaired) electrons. The average Bonchev–Trinajstić information content (AvgIpc) is 3.53. The standard InChI is InChI=1S/C30H33N3O5S/c1-18(2)37-25-13-10-19(14-20(25)15-31)28-32-16-26(39-28)23-9-7-8-22-21(23)11-12-24(22)33(17-27(34)36-6)29(35)38-30(3,4)5/h7-10,13-14,16,18,24H,11-12,17H2,1-6H3/t24-/m0/s1. The molecule has 1 heterocycles. The van der Waals surface area contributed by atoms with Crippen LogP contribution < -0.4 is 4.74 Å². The number of nitrogens with zero attached hydrogens (tertiary/aromatic N) is 3. The van der Waals surface area contributed by atoms with Crippen LogP contribution in [0.2, 0.25) is 0 Å². The molecule has 1 atom stereocenters. The highest BCUT2D eigenvalue weighted by Gasteiger charge is 2.36. The summed E-state index contributed by atoms with van der Waals surface area (Å²) in [6, 6.07) is 13.4. The summed E-state index contributed by atoms with van der Waals surface area (Å²) in [4.78, 5) is 32.4. The molecule has 1 aliphatic rings. The second-order valence-electron chi connectivity index (χ2n) is 10.6. The molecule has 0 unspecified atom stereocenters. The minimum atomic E-state index is -0.696. The number of esters is 1. The largest absolute Gasteiger partial charge is 0.490 e. The molecule has 9 heteroatoms. The number of hydrogen-bond donors (Lipinski definition) is 0. The predicted octanol–water partition coefficient (Wildman–Crippen LogP) is 6.53. The van der Waals surface area contributed by atoms with E-state index in [2.05, 4.69) is 17.1 Å². The molecular formula is C30H33N3O5S. The number of fused-ring (bicyclic) bond motifs is 1. The van der Waals surface area contributed by atoms with E-state index in [1.165, 1.54) is 12.0 Å². The van der Waals surface area contributed by atoms with Gasteiger partial charge in [0.25, 0.3) is 0 Å². The maximum atomic E-state index is 13.1. The Hall–Kier alpha value is -3.90. The van der Waals surface area contributed by atoms with Crippen LogP contribution in [0.1, 0.15) is 63.8 Å². The Morgan fingerprint density at radius 1 is 1.23 bits per heavy atom. The topological polar surface area (TPSA) is 102 Å². The summed E-state index contributed by atoms with van der Waals surface area (Å²) in [5.41, 5.74) is 3.76. The molecule has 3 aromatic rings. The van der Waals surface area contributed by atoms with Crippen molar-refractivity contribution in [3.05, 3.63) is 59.3 Å². The van der Waals surface area contributed by atoms with E-state index < -0.39 is 17.7 Å². The summed E-state index contributed by atoms with van der Waals surface area (Å²) < 4.78 is 16.2. The lowest BCUT2D eigenvalue weighted by Gasteiger charge is -2.31. The minimum absolute atomic E-state index is 0.0303. The smallest absolute Gasteiger partial charge is 0.411 e. The minimum Gasteiger partial charge on any atom is -0.490 e. The number of benzene rings is 2. The van der Waals surface area contributed by atoms with Gasteiger partial charge >= 0.3 is 12.1 Å². The second-order valence-corrected chi connectivity index (χ2v) is 11.7. The van der Waals surface area contributed by atoms with Crippen molar-refractivity contribution >= 4 is 23.4 Å². The van der Waals surface area contributed by atoms with Crippen molar-refractivity contribution in [2.75, 3.05) is 13.7 Å². The molecule has 0 bridgehead atoms. The molecule has 1 aliphatic carbocycles. The summed E-state index contributed by atoms with van der Waals surface area (Å²) >= 11 is 1.54. The summed E-state index contributed by atoms with van der Waals surface area (Å²) in [6.07, 6.45) is 2.67. The third kappa shape index (κ3) is 6.40. The Bertz CT molecular complexity index is 1420. The van der Waals surface area contributed by atoms with Crippen LogP contribution in [-0.2, 0) is 20.7 Å². The number of rotatable bonds is 7. The first-order valence-corrected chi connectivity index (χ1v) is 13.7. The molecule has 39 heavy (non-hydrogen) atoms. The van der Waals surface area contributed by atoms with Gasteiger partial charge in [0.15, 0.2) is 0 Å². The van der Waals surface area contributed by atoms with Crippen LogP contribution in [0.4, 0.5) is 4.79 Å². The summed E-state index contributed by atoms with van der Waals surface area (Å²) in [7, 11) is 1.31. The van der Waals surface area contributed by atoms with Crippen molar-refractivity contribution in [2.24, 2.45) is 0 Å². The van der Waals surface area contributed by atoms with E-state index in [4.69, 9.17) is 14.2 Å². The second kappa shape index (κ2) is 11.5. The lowest BCUT2D eigenvalue weighted by molar-refractivity contribution is -0.142. The Morgan fingerprint density at radius 2 is 2.00 bits per heavy atom. The van der Waals surface area contributed by atoms with Gasteiger partial charge in [0, 0.05) is 11.8 Å². The summed E-state index contributed by atoms with van der Waals surface area (Å²) in [5.74, 6) is 0.0561. The first kappa shape index (κ1) is 28.1. The van der Waals surface area contributed by atoms with Gasteiger partial charge in [-0.1, -0.05) is 18.2 Å². The van der Waals surface area contributed by atoms with E-state index in [-0.39, 0.29) is 18.7 Å². The Kier molecular flexibility index (Phi) is 8.26. The van der Waals surface area contributed by atoms with Gasteiger partial charge in [-0.3, -0.25) is 9.69 Å². The third-order valence-corrected chi connectivity index (χ3v) is 7.33. The molecule has 1 amide bonds. The fraction of sp³-hybridized carbons (Fsp3) is 0.400. The van der Waals surface area contributed by atoms with E-state index in [1.807, 2.05) is 44.3 Å². The quantitative estimate of drug-likeness (QED) is 0.310. The first-order valence-electron chi connectivity index (χ1n) is 12.9. The van der Waals surface area contributed by atoms with E-state index >= 15 is 0 Å². The predicted molar refractivity (Wildman–Crippen MR) is 149 cm³/mol.